The lowest BCUT2D eigenvalue weighted by Gasteiger charge is -2.27. The molecule has 0 fully saturated rings. The molecule has 1 atom stereocenters. The van der Waals surface area contributed by atoms with Crippen molar-refractivity contribution in [3.8, 4) is 5.75 Å². The number of rotatable bonds is 13. The first-order chi connectivity index (χ1) is 23.6. The van der Waals surface area contributed by atoms with Crippen LogP contribution < -0.4 is 25.6 Å². The number of carbonyl (C=O) groups excluding carboxylic acids is 4. The van der Waals surface area contributed by atoms with Gasteiger partial charge in [0.05, 0.1) is 29.5 Å². The van der Waals surface area contributed by atoms with E-state index in [1.807, 2.05) is 24.3 Å². The summed E-state index contributed by atoms with van der Waals surface area (Å²) in [5.41, 5.74) is 0.743. The number of unbranched alkanes of at least 4 members (excludes halogenated alkanes) is 2. The average molecular weight is 727 g/mol. The number of fused-ring (bicyclic) bond motifs is 1. The lowest BCUT2D eigenvalue weighted by atomic mass is 10.1. The molecule has 3 N–H and O–H groups in total. The summed E-state index contributed by atoms with van der Waals surface area (Å²) in [6.45, 7) is 7.77. The fraction of sp³-hybridized carbons (Fsp3) is 0.389. The van der Waals surface area contributed by atoms with Crippen LogP contribution in [0.2, 0.25) is 5.02 Å². The SMILES string of the molecule is CC(=O)NCCCCCOc1ccc(CNC(=O)c2ccc3c(c2)N(Cc2ccc(Cl)cc2)C(=O)[C@@H](NC(=O)OC(C)(C)C)CS3(=O)=O)cc1. The van der Waals surface area contributed by atoms with Crippen molar-refractivity contribution in [3.63, 3.8) is 0 Å². The molecule has 1 aliphatic rings. The Morgan fingerprint density at radius 1 is 0.920 bits per heavy atom. The summed E-state index contributed by atoms with van der Waals surface area (Å²) in [5.74, 6) is -1.20. The van der Waals surface area contributed by atoms with E-state index in [0.717, 1.165) is 24.8 Å². The third kappa shape index (κ3) is 11.2. The highest BCUT2D eigenvalue weighted by molar-refractivity contribution is 7.91. The van der Waals surface area contributed by atoms with Gasteiger partial charge in [0, 0.05) is 30.6 Å². The van der Waals surface area contributed by atoms with Gasteiger partial charge in [0.2, 0.25) is 5.91 Å². The number of hydrogen-bond donors (Lipinski definition) is 3. The average Bonchev–Trinajstić information content (AvgIpc) is 3.11. The summed E-state index contributed by atoms with van der Waals surface area (Å²) in [7, 11) is -4.11. The summed E-state index contributed by atoms with van der Waals surface area (Å²) >= 11 is 6.06. The molecule has 0 aromatic heterocycles. The number of nitrogens with one attached hydrogen (secondary N) is 3. The molecule has 0 radical (unpaired) electrons. The lowest BCUT2D eigenvalue weighted by Crippen LogP contribution is -2.51. The molecule has 0 aliphatic carbocycles. The highest BCUT2D eigenvalue weighted by Gasteiger charge is 2.39. The zero-order chi connectivity index (χ0) is 36.5. The van der Waals surface area contributed by atoms with Crippen LogP contribution in [0.4, 0.5) is 10.5 Å². The first-order valence-corrected chi connectivity index (χ1v) is 18.3. The van der Waals surface area contributed by atoms with Crippen LogP contribution in [0.3, 0.4) is 0 Å². The second kappa shape index (κ2) is 16.9. The minimum Gasteiger partial charge on any atom is -0.494 e. The molecule has 0 saturated heterocycles. The number of amides is 4. The van der Waals surface area contributed by atoms with Crippen LogP contribution in [0.1, 0.15) is 68.4 Å². The Bertz CT molecular complexity index is 1790. The summed E-state index contributed by atoms with van der Waals surface area (Å²) in [4.78, 5) is 52.0. The topological polar surface area (TPSA) is 160 Å². The molecule has 1 aliphatic heterocycles. The molecular weight excluding hydrogens is 684 g/mol. The van der Waals surface area contributed by atoms with Crippen molar-refractivity contribution in [3.05, 3.63) is 88.4 Å². The standard InChI is InChI=1S/C36H43ClN4O8S/c1-24(42)38-18-6-5-7-19-48-29-15-10-25(11-16-29)21-39-33(43)27-12-17-32-31(20-27)41(22-26-8-13-28(37)14-9-26)34(44)30(23-50(32,46)47)40-35(45)49-36(2,3)4/h8-17,20,30H,5-7,18-19,21-23H2,1-4H3,(H,38,42)(H,39,43)(H,40,45)/t30-/m0/s1. The maximum atomic E-state index is 14.0. The number of anilines is 1. The maximum Gasteiger partial charge on any atom is 0.408 e. The largest absolute Gasteiger partial charge is 0.494 e. The summed E-state index contributed by atoms with van der Waals surface area (Å²) in [6.07, 6.45) is 1.72. The van der Waals surface area contributed by atoms with E-state index >= 15 is 0 Å². The Morgan fingerprint density at radius 2 is 1.60 bits per heavy atom. The number of halogens is 1. The zero-order valence-electron chi connectivity index (χ0n) is 28.6. The monoisotopic (exact) mass is 726 g/mol. The Labute approximate surface area is 297 Å². The Morgan fingerprint density at radius 3 is 2.26 bits per heavy atom. The normalized spacial score (nSPS) is 15.3. The fourth-order valence-corrected chi connectivity index (χ4v) is 6.89. The van der Waals surface area contributed by atoms with E-state index in [1.165, 1.54) is 30.0 Å². The van der Waals surface area contributed by atoms with Crippen LogP contribution in [-0.2, 0) is 37.3 Å². The minimum atomic E-state index is -4.11. The Hall–Kier alpha value is -4.62. The molecule has 1 heterocycles. The number of sulfone groups is 1. The van der Waals surface area contributed by atoms with Gasteiger partial charge in [0.25, 0.3) is 11.8 Å². The number of alkyl carbamates (subject to hydrolysis) is 1. The molecule has 3 aromatic rings. The van der Waals surface area contributed by atoms with Crippen LogP contribution >= 0.6 is 11.6 Å². The number of benzene rings is 3. The highest BCUT2D eigenvalue weighted by Crippen LogP contribution is 2.33. The van der Waals surface area contributed by atoms with Crippen molar-refractivity contribution in [2.75, 3.05) is 23.8 Å². The van der Waals surface area contributed by atoms with Crippen molar-refractivity contribution >= 4 is 50.9 Å². The number of ether oxygens (including phenoxy) is 2. The third-order valence-corrected chi connectivity index (χ3v) is 9.62. The quantitative estimate of drug-likeness (QED) is 0.204. The van der Waals surface area contributed by atoms with Gasteiger partial charge in [-0.25, -0.2) is 13.2 Å². The molecule has 0 spiro atoms. The van der Waals surface area contributed by atoms with Gasteiger partial charge in [-0.2, -0.15) is 0 Å². The predicted molar refractivity (Wildman–Crippen MR) is 190 cm³/mol. The molecule has 0 bridgehead atoms. The van der Waals surface area contributed by atoms with Crippen molar-refractivity contribution in [2.24, 2.45) is 0 Å². The van der Waals surface area contributed by atoms with E-state index in [9.17, 15) is 27.6 Å². The van der Waals surface area contributed by atoms with E-state index in [-0.39, 0.29) is 35.1 Å². The summed E-state index contributed by atoms with van der Waals surface area (Å²) in [6, 6.07) is 16.6. The molecule has 4 rings (SSSR count). The van der Waals surface area contributed by atoms with Gasteiger partial charge >= 0.3 is 6.09 Å². The molecule has 0 unspecified atom stereocenters. The molecule has 50 heavy (non-hydrogen) atoms. The van der Waals surface area contributed by atoms with E-state index in [4.69, 9.17) is 21.1 Å². The van der Waals surface area contributed by atoms with Crippen molar-refractivity contribution < 1.29 is 37.1 Å². The maximum absolute atomic E-state index is 14.0. The highest BCUT2D eigenvalue weighted by atomic mass is 35.5. The van der Waals surface area contributed by atoms with Gasteiger partial charge < -0.3 is 30.3 Å². The fourth-order valence-electron chi connectivity index (χ4n) is 5.15. The molecule has 0 saturated carbocycles. The lowest BCUT2D eigenvalue weighted by molar-refractivity contribution is -0.120. The van der Waals surface area contributed by atoms with Crippen LogP contribution in [-0.4, -0.2) is 62.8 Å². The Balaban J connectivity index is 1.48. The van der Waals surface area contributed by atoms with Gasteiger partial charge in [-0.1, -0.05) is 35.9 Å². The Kier molecular flexibility index (Phi) is 12.9. The second-order valence-corrected chi connectivity index (χ2v) is 15.4. The van der Waals surface area contributed by atoms with E-state index in [1.54, 1.807) is 45.0 Å². The minimum absolute atomic E-state index is 0.0164. The molecular formula is C36H43ClN4O8S. The van der Waals surface area contributed by atoms with Gasteiger partial charge in [0.15, 0.2) is 9.84 Å². The summed E-state index contributed by atoms with van der Waals surface area (Å²) < 4.78 is 38.3. The van der Waals surface area contributed by atoms with Crippen LogP contribution in [0.15, 0.2) is 71.6 Å². The number of nitrogens with zero attached hydrogens (tertiary/aromatic N) is 1. The summed E-state index contributed by atoms with van der Waals surface area (Å²) in [5, 5.41) is 8.53. The first kappa shape index (κ1) is 38.2. The van der Waals surface area contributed by atoms with Gasteiger partial charge in [0.1, 0.15) is 17.4 Å². The number of hydrogen-bond acceptors (Lipinski definition) is 8. The van der Waals surface area contributed by atoms with Gasteiger partial charge in [-0.3, -0.25) is 14.4 Å². The zero-order valence-corrected chi connectivity index (χ0v) is 30.2. The molecule has 12 nitrogen and oxygen atoms in total. The van der Waals surface area contributed by atoms with Crippen molar-refractivity contribution in [1.29, 1.82) is 0 Å². The van der Waals surface area contributed by atoms with E-state index in [0.29, 0.717) is 29.5 Å². The smallest absolute Gasteiger partial charge is 0.408 e. The van der Waals surface area contributed by atoms with Gasteiger partial charge in [-0.15, -0.1) is 0 Å². The van der Waals surface area contributed by atoms with Crippen LogP contribution in [0.25, 0.3) is 0 Å². The van der Waals surface area contributed by atoms with Crippen LogP contribution in [0, 0.1) is 0 Å². The number of carbonyl (C=O) groups is 4. The molecule has 14 heteroatoms. The third-order valence-electron chi connectivity index (χ3n) is 7.58. The second-order valence-electron chi connectivity index (χ2n) is 12.9. The molecule has 268 valence electrons. The van der Waals surface area contributed by atoms with Crippen molar-refractivity contribution in [2.45, 2.75) is 76.6 Å². The van der Waals surface area contributed by atoms with E-state index in [2.05, 4.69) is 16.0 Å². The molecule has 3 aromatic carbocycles. The van der Waals surface area contributed by atoms with Crippen molar-refractivity contribution in [1.82, 2.24) is 16.0 Å². The van der Waals surface area contributed by atoms with E-state index < -0.39 is 45.1 Å². The van der Waals surface area contributed by atoms with Crippen LogP contribution in [0.5, 0.6) is 5.75 Å². The van der Waals surface area contributed by atoms with Gasteiger partial charge in [-0.05, 0) is 93.6 Å². The molecule has 4 amide bonds. The predicted octanol–water partition coefficient (Wildman–Crippen LogP) is 5.17. The first-order valence-electron chi connectivity index (χ1n) is 16.3.